The molecule has 0 unspecified atom stereocenters. The number of aliphatic hydroxyl groups excluding tert-OH is 1. The van der Waals surface area contributed by atoms with Crippen LogP contribution in [0.2, 0.25) is 0 Å². The van der Waals surface area contributed by atoms with Crippen molar-refractivity contribution in [3.63, 3.8) is 0 Å². The van der Waals surface area contributed by atoms with Gasteiger partial charge < -0.3 is 5.11 Å². The van der Waals surface area contributed by atoms with Crippen molar-refractivity contribution in [3.8, 4) is 0 Å². The number of hydrogen-bond donors (Lipinski definition) is 1. The monoisotopic (exact) mass is 263 g/mol. The van der Waals surface area contributed by atoms with Crippen LogP contribution in [0, 0.1) is 0 Å². The number of aliphatic hydroxyl groups is 1. The number of thiophene rings is 1. The van der Waals surface area contributed by atoms with Crippen LogP contribution < -0.4 is 0 Å². The molecule has 0 aliphatic heterocycles. The second-order valence-corrected chi connectivity index (χ2v) is 5.35. The van der Waals surface area contributed by atoms with Gasteiger partial charge in [0.2, 0.25) is 0 Å². The van der Waals surface area contributed by atoms with E-state index in [1.54, 1.807) is 11.3 Å². The Morgan fingerprint density at radius 1 is 1.54 bits per heavy atom. The normalized spacial score (nSPS) is 11.1. The number of nitrogens with zero attached hydrogens (tertiary/aromatic N) is 1. The summed E-state index contributed by atoms with van der Waals surface area (Å²) >= 11 is 5.18. The predicted octanol–water partition coefficient (Wildman–Crippen LogP) is 2.32. The lowest BCUT2D eigenvalue weighted by atomic mass is 10.4. The number of rotatable bonds is 5. The third-order valence-electron chi connectivity index (χ3n) is 1.87. The van der Waals surface area contributed by atoms with Gasteiger partial charge in [-0.2, -0.15) is 0 Å². The smallest absolute Gasteiger partial charge is 0.0701 e. The first kappa shape index (κ1) is 11.2. The minimum absolute atomic E-state index is 0.236. The number of likely N-dealkylation sites (N-methyl/N-ethyl adjacent to an activating group) is 1. The maximum Gasteiger partial charge on any atom is 0.0701 e. The van der Waals surface area contributed by atoms with Crippen LogP contribution in [-0.4, -0.2) is 29.7 Å². The molecule has 0 saturated heterocycles. The van der Waals surface area contributed by atoms with E-state index in [0.29, 0.717) is 0 Å². The molecule has 1 aromatic heterocycles. The zero-order chi connectivity index (χ0) is 9.68. The summed E-state index contributed by atoms with van der Waals surface area (Å²) in [6.45, 7) is 5.02. The van der Waals surface area contributed by atoms with Crippen LogP contribution in [0.25, 0.3) is 0 Å². The van der Waals surface area contributed by atoms with E-state index >= 15 is 0 Å². The van der Waals surface area contributed by atoms with Gasteiger partial charge in [-0.3, -0.25) is 4.90 Å². The lowest BCUT2D eigenvalue weighted by Crippen LogP contribution is -2.25. The highest BCUT2D eigenvalue weighted by Crippen LogP contribution is 2.23. The molecule has 1 heterocycles. The van der Waals surface area contributed by atoms with Gasteiger partial charge in [0.25, 0.3) is 0 Å². The molecule has 1 rings (SSSR count). The molecule has 2 nitrogen and oxygen atoms in total. The molecule has 0 fully saturated rings. The summed E-state index contributed by atoms with van der Waals surface area (Å²) in [6, 6.07) is 4.18. The molecule has 0 aliphatic carbocycles. The summed E-state index contributed by atoms with van der Waals surface area (Å²) in [7, 11) is 0. The quantitative estimate of drug-likeness (QED) is 0.882. The highest BCUT2D eigenvalue weighted by molar-refractivity contribution is 9.11. The Bertz CT molecular complexity index is 252. The summed E-state index contributed by atoms with van der Waals surface area (Å²) in [6.07, 6.45) is 0. The minimum Gasteiger partial charge on any atom is -0.395 e. The molecule has 0 saturated carbocycles. The summed E-state index contributed by atoms with van der Waals surface area (Å²) in [5, 5.41) is 8.80. The average Bonchev–Trinajstić information content (AvgIpc) is 2.50. The molecule has 1 aromatic rings. The summed E-state index contributed by atoms with van der Waals surface area (Å²) in [4.78, 5) is 3.56. The molecular formula is C9H14BrNOS. The van der Waals surface area contributed by atoms with Crippen molar-refractivity contribution in [2.75, 3.05) is 19.7 Å². The van der Waals surface area contributed by atoms with E-state index in [1.807, 2.05) is 0 Å². The van der Waals surface area contributed by atoms with Crippen LogP contribution in [0.5, 0.6) is 0 Å². The van der Waals surface area contributed by atoms with Crippen LogP contribution in [0.15, 0.2) is 15.9 Å². The fourth-order valence-electron chi connectivity index (χ4n) is 1.15. The van der Waals surface area contributed by atoms with Gasteiger partial charge in [-0.1, -0.05) is 6.92 Å². The first-order chi connectivity index (χ1) is 6.26. The van der Waals surface area contributed by atoms with Crippen molar-refractivity contribution in [2.45, 2.75) is 13.5 Å². The zero-order valence-corrected chi connectivity index (χ0v) is 10.1. The van der Waals surface area contributed by atoms with Gasteiger partial charge in [0.05, 0.1) is 10.4 Å². The first-order valence-corrected chi connectivity index (χ1v) is 5.94. The molecule has 4 heteroatoms. The number of hydrogen-bond acceptors (Lipinski definition) is 3. The maximum atomic E-state index is 8.80. The third-order valence-corrected chi connectivity index (χ3v) is 3.48. The van der Waals surface area contributed by atoms with Crippen molar-refractivity contribution < 1.29 is 5.11 Å². The molecule has 13 heavy (non-hydrogen) atoms. The Morgan fingerprint density at radius 3 is 2.77 bits per heavy atom. The van der Waals surface area contributed by atoms with Crippen LogP contribution in [0.4, 0.5) is 0 Å². The lowest BCUT2D eigenvalue weighted by molar-refractivity contribution is 0.198. The van der Waals surface area contributed by atoms with E-state index in [9.17, 15) is 0 Å². The van der Waals surface area contributed by atoms with Crippen molar-refractivity contribution in [1.82, 2.24) is 4.90 Å². The molecule has 0 bridgehead atoms. The molecule has 1 N–H and O–H groups in total. The maximum absolute atomic E-state index is 8.80. The van der Waals surface area contributed by atoms with Crippen LogP contribution in [0.3, 0.4) is 0 Å². The standard InChI is InChI=1S/C9H14BrNOS/c1-2-11(5-6-12)7-8-3-4-9(10)13-8/h3-4,12H,2,5-7H2,1H3. The van der Waals surface area contributed by atoms with E-state index in [-0.39, 0.29) is 6.61 Å². The summed E-state index contributed by atoms with van der Waals surface area (Å²) in [5.41, 5.74) is 0. The van der Waals surface area contributed by atoms with Gasteiger partial charge in [-0.05, 0) is 34.6 Å². The van der Waals surface area contributed by atoms with Crippen molar-refractivity contribution in [1.29, 1.82) is 0 Å². The molecular weight excluding hydrogens is 250 g/mol. The van der Waals surface area contributed by atoms with E-state index in [1.165, 1.54) is 8.66 Å². The van der Waals surface area contributed by atoms with Crippen LogP contribution >= 0.6 is 27.3 Å². The van der Waals surface area contributed by atoms with E-state index in [0.717, 1.165) is 19.6 Å². The van der Waals surface area contributed by atoms with Crippen molar-refractivity contribution in [2.24, 2.45) is 0 Å². The fourth-order valence-corrected chi connectivity index (χ4v) is 2.67. The van der Waals surface area contributed by atoms with E-state index in [2.05, 4.69) is 39.9 Å². The van der Waals surface area contributed by atoms with Crippen molar-refractivity contribution in [3.05, 3.63) is 20.8 Å². The van der Waals surface area contributed by atoms with E-state index in [4.69, 9.17) is 5.11 Å². The Labute approximate surface area is 91.3 Å². The van der Waals surface area contributed by atoms with E-state index < -0.39 is 0 Å². The molecule has 0 radical (unpaired) electrons. The second-order valence-electron chi connectivity index (χ2n) is 2.80. The zero-order valence-electron chi connectivity index (χ0n) is 7.66. The summed E-state index contributed by atoms with van der Waals surface area (Å²) < 4.78 is 1.17. The third kappa shape index (κ3) is 3.77. The molecule has 0 aliphatic rings. The van der Waals surface area contributed by atoms with Gasteiger partial charge in [0, 0.05) is 18.0 Å². The Hall–Kier alpha value is 0.1000. The van der Waals surface area contributed by atoms with Gasteiger partial charge in [0.1, 0.15) is 0 Å². The lowest BCUT2D eigenvalue weighted by Gasteiger charge is -2.17. The van der Waals surface area contributed by atoms with Gasteiger partial charge in [-0.15, -0.1) is 11.3 Å². The Balaban J connectivity index is 2.46. The highest BCUT2D eigenvalue weighted by Gasteiger charge is 2.04. The molecule has 0 aromatic carbocycles. The summed E-state index contributed by atoms with van der Waals surface area (Å²) in [5.74, 6) is 0. The largest absolute Gasteiger partial charge is 0.395 e. The highest BCUT2D eigenvalue weighted by atomic mass is 79.9. The van der Waals surface area contributed by atoms with Gasteiger partial charge >= 0.3 is 0 Å². The average molecular weight is 264 g/mol. The SMILES string of the molecule is CCN(CCO)Cc1ccc(Br)s1. The second kappa shape index (κ2) is 5.75. The predicted molar refractivity (Wildman–Crippen MR) is 60.1 cm³/mol. The van der Waals surface area contributed by atoms with Crippen molar-refractivity contribution >= 4 is 27.3 Å². The number of halogens is 1. The Morgan fingerprint density at radius 2 is 2.31 bits per heavy atom. The molecule has 0 amide bonds. The first-order valence-electron chi connectivity index (χ1n) is 4.33. The minimum atomic E-state index is 0.236. The van der Waals surface area contributed by atoms with Crippen LogP contribution in [-0.2, 0) is 6.54 Å². The molecule has 0 spiro atoms. The van der Waals surface area contributed by atoms with Gasteiger partial charge in [0.15, 0.2) is 0 Å². The van der Waals surface area contributed by atoms with Gasteiger partial charge in [-0.25, -0.2) is 0 Å². The molecule has 74 valence electrons. The van der Waals surface area contributed by atoms with Crippen LogP contribution in [0.1, 0.15) is 11.8 Å². The fraction of sp³-hybridized carbons (Fsp3) is 0.556. The molecule has 0 atom stereocenters. The topological polar surface area (TPSA) is 23.5 Å². The Kier molecular flexibility index (Phi) is 4.94.